The SMILES string of the molecule is O=C(Nc1cccc(N2CCCC2=O)c1)c1ccc(Cl)c(Cl)c1. The number of nitrogens with one attached hydrogen (secondary N) is 1. The van der Waals surface area contributed by atoms with Gasteiger partial charge in [-0.3, -0.25) is 9.59 Å². The second-order valence-corrected chi connectivity index (χ2v) is 6.10. The summed E-state index contributed by atoms with van der Waals surface area (Å²) >= 11 is 11.8. The lowest BCUT2D eigenvalue weighted by molar-refractivity contribution is -0.117. The first-order chi connectivity index (χ1) is 11.0. The van der Waals surface area contributed by atoms with Crippen LogP contribution in [0.2, 0.25) is 10.0 Å². The predicted octanol–water partition coefficient (Wildman–Crippen LogP) is 4.37. The van der Waals surface area contributed by atoms with Crippen molar-refractivity contribution in [2.24, 2.45) is 0 Å². The van der Waals surface area contributed by atoms with Crippen LogP contribution < -0.4 is 10.2 Å². The Morgan fingerprint density at radius 3 is 2.61 bits per heavy atom. The highest BCUT2D eigenvalue weighted by molar-refractivity contribution is 6.42. The largest absolute Gasteiger partial charge is 0.322 e. The highest BCUT2D eigenvalue weighted by atomic mass is 35.5. The molecule has 0 spiro atoms. The molecule has 1 saturated heterocycles. The molecule has 0 unspecified atom stereocenters. The summed E-state index contributed by atoms with van der Waals surface area (Å²) in [5.74, 6) is -0.175. The molecule has 23 heavy (non-hydrogen) atoms. The smallest absolute Gasteiger partial charge is 0.255 e. The lowest BCUT2D eigenvalue weighted by Crippen LogP contribution is -2.23. The van der Waals surface area contributed by atoms with Crippen LogP contribution in [-0.2, 0) is 4.79 Å². The summed E-state index contributed by atoms with van der Waals surface area (Å²) in [7, 11) is 0. The van der Waals surface area contributed by atoms with Crippen molar-refractivity contribution in [2.75, 3.05) is 16.8 Å². The standard InChI is InChI=1S/C17H14Cl2N2O2/c18-14-7-6-11(9-15(14)19)17(23)20-12-3-1-4-13(10-12)21-8-2-5-16(21)22/h1,3-4,6-7,9-10H,2,5,8H2,(H,20,23). The molecule has 6 heteroatoms. The van der Waals surface area contributed by atoms with E-state index in [1.54, 1.807) is 29.2 Å². The number of nitrogens with zero attached hydrogens (tertiary/aromatic N) is 1. The van der Waals surface area contributed by atoms with Gasteiger partial charge in [0.25, 0.3) is 5.91 Å². The third-order valence-electron chi connectivity index (χ3n) is 3.67. The lowest BCUT2D eigenvalue weighted by Gasteiger charge is -2.16. The number of anilines is 2. The second kappa shape index (κ2) is 6.60. The molecule has 4 nitrogen and oxygen atoms in total. The van der Waals surface area contributed by atoms with Crippen molar-refractivity contribution >= 4 is 46.4 Å². The van der Waals surface area contributed by atoms with E-state index in [1.807, 2.05) is 12.1 Å². The maximum Gasteiger partial charge on any atom is 0.255 e. The quantitative estimate of drug-likeness (QED) is 0.894. The fourth-order valence-electron chi connectivity index (χ4n) is 2.51. The highest BCUT2D eigenvalue weighted by Gasteiger charge is 2.21. The number of benzene rings is 2. The van der Waals surface area contributed by atoms with Crippen LogP contribution in [-0.4, -0.2) is 18.4 Å². The molecule has 1 aliphatic heterocycles. The lowest BCUT2D eigenvalue weighted by atomic mass is 10.2. The molecule has 0 aliphatic carbocycles. The van der Waals surface area contributed by atoms with E-state index >= 15 is 0 Å². The molecule has 1 aliphatic rings. The molecule has 3 rings (SSSR count). The highest BCUT2D eigenvalue weighted by Crippen LogP contribution is 2.26. The van der Waals surface area contributed by atoms with Gasteiger partial charge in [-0.2, -0.15) is 0 Å². The van der Waals surface area contributed by atoms with Crippen LogP contribution in [0.4, 0.5) is 11.4 Å². The molecule has 0 radical (unpaired) electrons. The van der Waals surface area contributed by atoms with Gasteiger partial charge >= 0.3 is 0 Å². The number of carbonyl (C=O) groups excluding carboxylic acids is 2. The molecule has 2 amide bonds. The first kappa shape index (κ1) is 15.8. The summed E-state index contributed by atoms with van der Waals surface area (Å²) in [4.78, 5) is 25.8. The zero-order chi connectivity index (χ0) is 16.4. The average molecular weight is 349 g/mol. The van der Waals surface area contributed by atoms with Gasteiger partial charge in [-0.1, -0.05) is 29.3 Å². The minimum atomic E-state index is -0.284. The Labute approximate surface area is 144 Å². The number of amides is 2. The van der Waals surface area contributed by atoms with E-state index in [2.05, 4.69) is 5.32 Å². The van der Waals surface area contributed by atoms with Crippen molar-refractivity contribution in [1.29, 1.82) is 0 Å². The van der Waals surface area contributed by atoms with Crippen LogP contribution in [0.3, 0.4) is 0 Å². The molecular weight excluding hydrogens is 335 g/mol. The first-order valence-corrected chi connectivity index (χ1v) is 7.97. The van der Waals surface area contributed by atoms with Gasteiger partial charge in [0.15, 0.2) is 0 Å². The second-order valence-electron chi connectivity index (χ2n) is 5.28. The van der Waals surface area contributed by atoms with Crippen molar-refractivity contribution < 1.29 is 9.59 Å². The van der Waals surface area contributed by atoms with Crippen molar-refractivity contribution in [2.45, 2.75) is 12.8 Å². The molecule has 118 valence electrons. The third-order valence-corrected chi connectivity index (χ3v) is 4.41. The van der Waals surface area contributed by atoms with Gasteiger partial charge < -0.3 is 10.2 Å². The van der Waals surface area contributed by atoms with Gasteiger partial charge in [0.1, 0.15) is 0 Å². The van der Waals surface area contributed by atoms with Crippen molar-refractivity contribution in [3.8, 4) is 0 Å². The van der Waals surface area contributed by atoms with Gasteiger partial charge in [-0.25, -0.2) is 0 Å². The Hall–Kier alpha value is -2.04. The third kappa shape index (κ3) is 3.49. The number of halogens is 2. The maximum absolute atomic E-state index is 12.3. The first-order valence-electron chi connectivity index (χ1n) is 7.21. The van der Waals surface area contributed by atoms with E-state index in [4.69, 9.17) is 23.2 Å². The van der Waals surface area contributed by atoms with Crippen LogP contribution in [0, 0.1) is 0 Å². The molecule has 1 N–H and O–H groups in total. The van der Waals surface area contributed by atoms with Crippen molar-refractivity contribution in [1.82, 2.24) is 0 Å². The van der Waals surface area contributed by atoms with E-state index in [9.17, 15) is 9.59 Å². The van der Waals surface area contributed by atoms with Gasteiger partial charge in [0.2, 0.25) is 5.91 Å². The van der Waals surface area contributed by atoms with Crippen LogP contribution in [0.1, 0.15) is 23.2 Å². The van der Waals surface area contributed by atoms with Gasteiger partial charge in [-0.05, 0) is 42.8 Å². The van der Waals surface area contributed by atoms with Crippen LogP contribution in [0.15, 0.2) is 42.5 Å². The van der Waals surface area contributed by atoms with Gasteiger partial charge in [0, 0.05) is 29.9 Å². The number of carbonyl (C=O) groups is 2. The summed E-state index contributed by atoms with van der Waals surface area (Å²) in [6.45, 7) is 0.711. The molecule has 0 bridgehead atoms. The predicted molar refractivity (Wildman–Crippen MR) is 92.4 cm³/mol. The molecule has 2 aromatic carbocycles. The summed E-state index contributed by atoms with van der Waals surface area (Å²) in [6, 6.07) is 11.9. The van der Waals surface area contributed by atoms with Crippen molar-refractivity contribution in [3.05, 3.63) is 58.1 Å². The summed E-state index contributed by atoms with van der Waals surface area (Å²) in [5.41, 5.74) is 1.83. The normalized spacial score (nSPS) is 14.2. The fourth-order valence-corrected chi connectivity index (χ4v) is 2.81. The topological polar surface area (TPSA) is 49.4 Å². The Morgan fingerprint density at radius 2 is 1.91 bits per heavy atom. The number of hydrogen-bond donors (Lipinski definition) is 1. The zero-order valence-electron chi connectivity index (χ0n) is 12.2. The van der Waals surface area contributed by atoms with E-state index < -0.39 is 0 Å². The average Bonchev–Trinajstić information content (AvgIpc) is 2.96. The Balaban J connectivity index is 1.78. The van der Waals surface area contributed by atoms with Crippen LogP contribution >= 0.6 is 23.2 Å². The van der Waals surface area contributed by atoms with E-state index in [0.717, 1.165) is 12.1 Å². The Bertz CT molecular complexity index is 777. The molecule has 0 aromatic heterocycles. The molecule has 0 saturated carbocycles. The Kier molecular flexibility index (Phi) is 4.55. The number of rotatable bonds is 3. The molecule has 1 heterocycles. The molecule has 0 atom stereocenters. The maximum atomic E-state index is 12.3. The van der Waals surface area contributed by atoms with E-state index in [1.165, 1.54) is 6.07 Å². The fraction of sp³-hybridized carbons (Fsp3) is 0.176. The minimum Gasteiger partial charge on any atom is -0.322 e. The molecular formula is C17H14Cl2N2O2. The minimum absolute atomic E-state index is 0.109. The Morgan fingerprint density at radius 1 is 1.09 bits per heavy atom. The van der Waals surface area contributed by atoms with Gasteiger partial charge in [-0.15, -0.1) is 0 Å². The number of hydrogen-bond acceptors (Lipinski definition) is 2. The molecule has 1 fully saturated rings. The monoisotopic (exact) mass is 348 g/mol. The summed E-state index contributed by atoms with van der Waals surface area (Å²) in [5, 5.41) is 3.54. The molecule has 2 aromatic rings. The van der Waals surface area contributed by atoms with E-state index in [0.29, 0.717) is 34.3 Å². The zero-order valence-corrected chi connectivity index (χ0v) is 13.7. The van der Waals surface area contributed by atoms with Crippen LogP contribution in [0.25, 0.3) is 0 Å². The van der Waals surface area contributed by atoms with Crippen LogP contribution in [0.5, 0.6) is 0 Å². The van der Waals surface area contributed by atoms with Crippen molar-refractivity contribution in [3.63, 3.8) is 0 Å². The van der Waals surface area contributed by atoms with Gasteiger partial charge in [0.05, 0.1) is 10.0 Å². The summed E-state index contributed by atoms with van der Waals surface area (Å²) < 4.78 is 0. The summed E-state index contributed by atoms with van der Waals surface area (Å²) in [6.07, 6.45) is 1.43. The van der Waals surface area contributed by atoms with E-state index in [-0.39, 0.29) is 11.8 Å².